The number of nitrogens with one attached hydrogen (secondary N) is 1. The van der Waals surface area contributed by atoms with Gasteiger partial charge in [0.1, 0.15) is 0 Å². The van der Waals surface area contributed by atoms with Gasteiger partial charge in [-0.05, 0) is 39.8 Å². The first kappa shape index (κ1) is 12.3. The standard InChI is InChI=1S/C13H27N3/c1-4-13(14-3)11(2)16-9-8-15-7-5-6-12(15)10-16/h11-14H,4-10H2,1-3H3. The van der Waals surface area contributed by atoms with Gasteiger partial charge in [-0.2, -0.15) is 0 Å². The molecule has 0 saturated carbocycles. The zero-order valence-electron chi connectivity index (χ0n) is 11.1. The van der Waals surface area contributed by atoms with E-state index < -0.39 is 0 Å². The fraction of sp³-hybridized carbons (Fsp3) is 1.00. The molecule has 2 rings (SSSR count). The van der Waals surface area contributed by atoms with E-state index in [0.29, 0.717) is 12.1 Å². The van der Waals surface area contributed by atoms with E-state index in [1.54, 1.807) is 0 Å². The number of nitrogens with zero attached hydrogens (tertiary/aromatic N) is 2. The lowest BCUT2D eigenvalue weighted by molar-refractivity contribution is 0.0636. The van der Waals surface area contributed by atoms with Crippen LogP contribution in [0.2, 0.25) is 0 Å². The largest absolute Gasteiger partial charge is 0.315 e. The quantitative estimate of drug-likeness (QED) is 0.774. The predicted molar refractivity (Wildman–Crippen MR) is 68.8 cm³/mol. The van der Waals surface area contributed by atoms with E-state index in [4.69, 9.17) is 0 Å². The van der Waals surface area contributed by atoms with Gasteiger partial charge in [0.2, 0.25) is 0 Å². The van der Waals surface area contributed by atoms with Gasteiger partial charge in [0.05, 0.1) is 0 Å². The van der Waals surface area contributed by atoms with Crippen molar-refractivity contribution in [1.82, 2.24) is 15.1 Å². The highest BCUT2D eigenvalue weighted by Crippen LogP contribution is 2.23. The van der Waals surface area contributed by atoms with Crippen LogP contribution in [-0.2, 0) is 0 Å². The van der Waals surface area contributed by atoms with Crippen molar-refractivity contribution in [1.29, 1.82) is 0 Å². The number of hydrogen-bond acceptors (Lipinski definition) is 3. The van der Waals surface area contributed by atoms with Gasteiger partial charge in [-0.3, -0.25) is 9.80 Å². The average molecular weight is 225 g/mol. The van der Waals surface area contributed by atoms with Crippen LogP contribution in [0.15, 0.2) is 0 Å². The van der Waals surface area contributed by atoms with E-state index in [-0.39, 0.29) is 0 Å². The predicted octanol–water partition coefficient (Wildman–Crippen LogP) is 1.15. The van der Waals surface area contributed by atoms with Crippen LogP contribution in [0.25, 0.3) is 0 Å². The molecule has 2 aliphatic rings. The van der Waals surface area contributed by atoms with Crippen LogP contribution in [0, 0.1) is 0 Å². The molecule has 0 spiro atoms. The Morgan fingerprint density at radius 3 is 2.81 bits per heavy atom. The summed E-state index contributed by atoms with van der Waals surface area (Å²) in [6.07, 6.45) is 4.05. The summed E-state index contributed by atoms with van der Waals surface area (Å²) in [4.78, 5) is 5.38. The van der Waals surface area contributed by atoms with Gasteiger partial charge in [-0.15, -0.1) is 0 Å². The van der Waals surface area contributed by atoms with E-state index in [1.165, 1.54) is 45.4 Å². The summed E-state index contributed by atoms with van der Waals surface area (Å²) in [6.45, 7) is 9.85. The first-order valence-electron chi connectivity index (χ1n) is 6.91. The molecule has 0 aromatic heterocycles. The molecule has 2 saturated heterocycles. The molecule has 3 heteroatoms. The zero-order valence-corrected chi connectivity index (χ0v) is 11.1. The van der Waals surface area contributed by atoms with Crippen LogP contribution >= 0.6 is 0 Å². The van der Waals surface area contributed by atoms with Crippen molar-refractivity contribution in [3.05, 3.63) is 0 Å². The minimum Gasteiger partial charge on any atom is -0.315 e. The molecule has 3 nitrogen and oxygen atoms in total. The Bertz CT molecular complexity index is 215. The Morgan fingerprint density at radius 2 is 2.12 bits per heavy atom. The normalized spacial score (nSPS) is 31.3. The first-order valence-corrected chi connectivity index (χ1v) is 6.91. The molecule has 2 heterocycles. The smallest absolute Gasteiger partial charge is 0.0224 e. The van der Waals surface area contributed by atoms with Gasteiger partial charge in [0, 0.05) is 37.8 Å². The van der Waals surface area contributed by atoms with Crippen LogP contribution < -0.4 is 5.32 Å². The van der Waals surface area contributed by atoms with E-state index in [1.807, 2.05) is 0 Å². The van der Waals surface area contributed by atoms with Crippen LogP contribution in [0.5, 0.6) is 0 Å². The summed E-state index contributed by atoms with van der Waals surface area (Å²) in [6, 6.07) is 2.18. The Morgan fingerprint density at radius 1 is 1.31 bits per heavy atom. The van der Waals surface area contributed by atoms with Crippen LogP contribution in [0.1, 0.15) is 33.1 Å². The molecule has 0 bridgehead atoms. The molecule has 0 amide bonds. The Balaban J connectivity index is 1.90. The summed E-state index contributed by atoms with van der Waals surface area (Å²) >= 11 is 0. The Kier molecular flexibility index (Phi) is 4.22. The zero-order chi connectivity index (χ0) is 11.5. The second kappa shape index (κ2) is 5.48. The monoisotopic (exact) mass is 225 g/mol. The molecule has 94 valence electrons. The van der Waals surface area contributed by atoms with E-state index >= 15 is 0 Å². The first-order chi connectivity index (χ1) is 7.76. The Hall–Kier alpha value is -0.120. The summed E-state index contributed by atoms with van der Waals surface area (Å²) in [5.41, 5.74) is 0. The second-order valence-corrected chi connectivity index (χ2v) is 5.37. The van der Waals surface area contributed by atoms with E-state index in [2.05, 4.69) is 36.0 Å². The van der Waals surface area contributed by atoms with Gasteiger partial charge in [0.25, 0.3) is 0 Å². The molecule has 0 aliphatic carbocycles. The lowest BCUT2D eigenvalue weighted by Crippen LogP contribution is -2.57. The number of rotatable bonds is 4. The molecular formula is C13H27N3. The fourth-order valence-corrected chi connectivity index (χ4v) is 3.43. The Labute approximate surface area is 100 Å². The topological polar surface area (TPSA) is 18.5 Å². The third-order valence-electron chi connectivity index (χ3n) is 4.59. The highest BCUT2D eigenvalue weighted by Gasteiger charge is 2.33. The summed E-state index contributed by atoms with van der Waals surface area (Å²) < 4.78 is 0. The molecule has 0 radical (unpaired) electrons. The van der Waals surface area contributed by atoms with Crippen molar-refractivity contribution in [2.75, 3.05) is 33.2 Å². The summed E-state index contributed by atoms with van der Waals surface area (Å²) in [7, 11) is 2.09. The summed E-state index contributed by atoms with van der Waals surface area (Å²) in [5, 5.41) is 3.45. The van der Waals surface area contributed by atoms with Crippen LogP contribution in [-0.4, -0.2) is 61.2 Å². The van der Waals surface area contributed by atoms with Gasteiger partial charge in [-0.25, -0.2) is 0 Å². The number of likely N-dealkylation sites (N-methyl/N-ethyl adjacent to an activating group) is 1. The van der Waals surface area contributed by atoms with Gasteiger partial charge in [-0.1, -0.05) is 6.92 Å². The molecule has 16 heavy (non-hydrogen) atoms. The van der Waals surface area contributed by atoms with Crippen molar-refractivity contribution in [2.24, 2.45) is 0 Å². The van der Waals surface area contributed by atoms with Crippen molar-refractivity contribution in [3.8, 4) is 0 Å². The SMILES string of the molecule is CCC(NC)C(C)N1CCN2CCCC2C1. The minimum absolute atomic E-state index is 0.646. The highest BCUT2D eigenvalue weighted by atomic mass is 15.3. The van der Waals surface area contributed by atoms with Crippen molar-refractivity contribution >= 4 is 0 Å². The van der Waals surface area contributed by atoms with Gasteiger partial charge < -0.3 is 5.32 Å². The third kappa shape index (κ3) is 2.41. The maximum absolute atomic E-state index is 3.45. The van der Waals surface area contributed by atoms with Crippen LogP contribution in [0.3, 0.4) is 0 Å². The number of fused-ring (bicyclic) bond motifs is 1. The molecule has 2 aliphatic heterocycles. The van der Waals surface area contributed by atoms with Crippen molar-refractivity contribution < 1.29 is 0 Å². The molecular weight excluding hydrogens is 198 g/mol. The minimum atomic E-state index is 0.646. The molecule has 3 atom stereocenters. The van der Waals surface area contributed by atoms with Crippen molar-refractivity contribution in [2.45, 2.75) is 51.2 Å². The third-order valence-corrected chi connectivity index (χ3v) is 4.59. The number of piperazine rings is 1. The average Bonchev–Trinajstić information content (AvgIpc) is 2.77. The maximum Gasteiger partial charge on any atom is 0.0224 e. The fourth-order valence-electron chi connectivity index (χ4n) is 3.43. The van der Waals surface area contributed by atoms with Crippen LogP contribution in [0.4, 0.5) is 0 Å². The highest BCUT2D eigenvalue weighted by molar-refractivity contribution is 4.90. The molecule has 1 N–H and O–H groups in total. The second-order valence-electron chi connectivity index (χ2n) is 5.37. The lowest BCUT2D eigenvalue weighted by atomic mass is 10.0. The maximum atomic E-state index is 3.45. The summed E-state index contributed by atoms with van der Waals surface area (Å²) in [5.74, 6) is 0. The van der Waals surface area contributed by atoms with Gasteiger partial charge in [0.15, 0.2) is 0 Å². The van der Waals surface area contributed by atoms with E-state index in [9.17, 15) is 0 Å². The van der Waals surface area contributed by atoms with Gasteiger partial charge >= 0.3 is 0 Å². The molecule has 2 fully saturated rings. The van der Waals surface area contributed by atoms with E-state index in [0.717, 1.165) is 6.04 Å². The van der Waals surface area contributed by atoms with Crippen molar-refractivity contribution in [3.63, 3.8) is 0 Å². The molecule has 0 aromatic rings. The lowest BCUT2D eigenvalue weighted by Gasteiger charge is -2.42. The molecule has 0 aromatic carbocycles. The molecule has 3 unspecified atom stereocenters. The number of hydrogen-bond donors (Lipinski definition) is 1.